The predicted molar refractivity (Wildman–Crippen MR) is 89.7 cm³/mol. The highest BCUT2D eigenvalue weighted by Crippen LogP contribution is 2.35. The normalized spacial score (nSPS) is 11.2. The van der Waals surface area contributed by atoms with Crippen molar-refractivity contribution < 1.29 is 24.0 Å². The van der Waals surface area contributed by atoms with Gasteiger partial charge in [-0.15, -0.1) is 11.3 Å². The molecule has 0 bridgehead atoms. The van der Waals surface area contributed by atoms with Crippen LogP contribution < -0.4 is 5.32 Å². The van der Waals surface area contributed by atoms with Crippen LogP contribution in [0.2, 0.25) is 0 Å². The quantitative estimate of drug-likeness (QED) is 0.509. The van der Waals surface area contributed by atoms with Gasteiger partial charge in [0.05, 0.1) is 12.0 Å². The van der Waals surface area contributed by atoms with Crippen molar-refractivity contribution in [2.24, 2.45) is 0 Å². The number of esters is 1. The Labute approximate surface area is 141 Å². The van der Waals surface area contributed by atoms with E-state index >= 15 is 0 Å². The number of carbonyl (C=O) groups is 2. The Hall–Kier alpha value is -2.68. The van der Waals surface area contributed by atoms with Crippen LogP contribution in [-0.2, 0) is 9.47 Å². The number of thiophene rings is 1. The SMILES string of the molecule is COC(=O)c1cc2cc([N+](=O)[O-])c(NC(=O)OC(C)(C)C)cc2s1. The smallest absolute Gasteiger partial charge is 0.412 e. The molecule has 1 aromatic carbocycles. The molecule has 0 saturated heterocycles. The average Bonchev–Trinajstić information content (AvgIpc) is 2.86. The fraction of sp³-hybridized carbons (Fsp3) is 0.333. The lowest BCUT2D eigenvalue weighted by atomic mass is 10.2. The number of nitro benzene ring substituents is 1. The highest BCUT2D eigenvalue weighted by molar-refractivity contribution is 7.20. The first kappa shape index (κ1) is 17.7. The molecule has 1 aromatic heterocycles. The summed E-state index contributed by atoms with van der Waals surface area (Å²) < 4.78 is 10.4. The molecule has 2 aromatic rings. The van der Waals surface area contributed by atoms with Gasteiger partial charge < -0.3 is 9.47 Å². The van der Waals surface area contributed by atoms with E-state index < -0.39 is 22.6 Å². The molecular formula is C15H16N2O6S. The van der Waals surface area contributed by atoms with Crippen molar-refractivity contribution in [3.63, 3.8) is 0 Å². The number of ether oxygens (including phenoxy) is 2. The van der Waals surface area contributed by atoms with Crippen LogP contribution in [0.1, 0.15) is 30.4 Å². The molecular weight excluding hydrogens is 336 g/mol. The summed E-state index contributed by atoms with van der Waals surface area (Å²) in [6, 6.07) is 4.25. The zero-order valence-electron chi connectivity index (χ0n) is 13.5. The highest BCUT2D eigenvalue weighted by Gasteiger charge is 2.22. The van der Waals surface area contributed by atoms with E-state index in [0.29, 0.717) is 15.0 Å². The summed E-state index contributed by atoms with van der Waals surface area (Å²) in [6.45, 7) is 5.06. The molecule has 0 aliphatic rings. The van der Waals surface area contributed by atoms with Gasteiger partial charge in [0.25, 0.3) is 5.69 Å². The first-order chi connectivity index (χ1) is 11.1. The van der Waals surface area contributed by atoms with E-state index in [1.54, 1.807) is 20.8 Å². The third-order valence-corrected chi connectivity index (χ3v) is 3.93. The van der Waals surface area contributed by atoms with Gasteiger partial charge in [0.2, 0.25) is 0 Å². The standard InChI is InChI=1S/C15H16N2O6S/c1-15(2,3)23-14(19)16-9-7-11-8(5-10(9)17(20)21)6-12(24-11)13(18)22-4/h5-7H,1-4H3,(H,16,19). The zero-order valence-corrected chi connectivity index (χ0v) is 14.4. The minimum absolute atomic E-state index is 0.0000146. The maximum Gasteiger partial charge on any atom is 0.412 e. The van der Waals surface area contributed by atoms with Crippen LogP contribution in [0.5, 0.6) is 0 Å². The number of nitrogens with zero attached hydrogens (tertiary/aromatic N) is 1. The topological polar surface area (TPSA) is 108 Å². The molecule has 1 N–H and O–H groups in total. The Kier molecular flexibility index (Phi) is 4.74. The summed E-state index contributed by atoms with van der Waals surface area (Å²) in [5, 5.41) is 14.2. The van der Waals surface area contributed by atoms with Crippen LogP contribution in [0.3, 0.4) is 0 Å². The van der Waals surface area contributed by atoms with Gasteiger partial charge in [-0.1, -0.05) is 0 Å². The second-order valence-corrected chi connectivity index (χ2v) is 6.98. The maximum absolute atomic E-state index is 11.9. The Morgan fingerprint density at radius 3 is 2.46 bits per heavy atom. The van der Waals surface area contributed by atoms with Crippen LogP contribution in [0, 0.1) is 10.1 Å². The highest BCUT2D eigenvalue weighted by atomic mass is 32.1. The molecule has 128 valence electrons. The largest absolute Gasteiger partial charge is 0.465 e. The monoisotopic (exact) mass is 352 g/mol. The minimum Gasteiger partial charge on any atom is -0.465 e. The fourth-order valence-electron chi connectivity index (χ4n) is 1.94. The maximum atomic E-state index is 11.9. The Morgan fingerprint density at radius 1 is 1.25 bits per heavy atom. The molecule has 0 unspecified atom stereocenters. The van der Waals surface area contributed by atoms with Gasteiger partial charge in [-0.3, -0.25) is 15.4 Å². The minimum atomic E-state index is -0.797. The number of methoxy groups -OCH3 is 1. The van der Waals surface area contributed by atoms with Crippen LogP contribution in [0.4, 0.5) is 16.2 Å². The van der Waals surface area contributed by atoms with Crippen molar-refractivity contribution in [2.75, 3.05) is 12.4 Å². The number of benzene rings is 1. The first-order valence-electron chi connectivity index (χ1n) is 6.91. The van der Waals surface area contributed by atoms with Gasteiger partial charge in [-0.2, -0.15) is 0 Å². The van der Waals surface area contributed by atoms with Crippen LogP contribution >= 0.6 is 11.3 Å². The molecule has 0 radical (unpaired) electrons. The number of nitro groups is 1. The molecule has 8 nitrogen and oxygen atoms in total. The third kappa shape index (κ3) is 3.99. The number of nitrogens with one attached hydrogen (secondary N) is 1. The number of carbonyl (C=O) groups excluding carboxylic acids is 2. The number of fused-ring (bicyclic) bond motifs is 1. The Balaban J connectivity index is 2.43. The summed E-state index contributed by atoms with van der Waals surface area (Å²) >= 11 is 1.12. The lowest BCUT2D eigenvalue weighted by Crippen LogP contribution is -2.27. The van der Waals surface area contributed by atoms with E-state index in [1.807, 2.05) is 0 Å². The molecule has 0 aliphatic heterocycles. The van der Waals surface area contributed by atoms with Crippen molar-refractivity contribution >= 4 is 44.9 Å². The summed E-state index contributed by atoms with van der Waals surface area (Å²) in [5.41, 5.74) is -1.02. The van der Waals surface area contributed by atoms with Gasteiger partial charge in [0, 0.05) is 16.2 Å². The molecule has 0 spiro atoms. The Morgan fingerprint density at radius 2 is 1.92 bits per heavy atom. The van der Waals surface area contributed by atoms with E-state index in [4.69, 9.17) is 4.74 Å². The van der Waals surface area contributed by atoms with Crippen molar-refractivity contribution in [1.82, 2.24) is 0 Å². The lowest BCUT2D eigenvalue weighted by molar-refractivity contribution is -0.383. The lowest BCUT2D eigenvalue weighted by Gasteiger charge is -2.19. The molecule has 2 rings (SSSR count). The summed E-state index contributed by atoms with van der Waals surface area (Å²) in [7, 11) is 1.25. The Bertz CT molecular complexity index is 821. The van der Waals surface area contributed by atoms with E-state index in [1.165, 1.54) is 25.3 Å². The van der Waals surface area contributed by atoms with Crippen molar-refractivity contribution in [2.45, 2.75) is 26.4 Å². The number of hydrogen-bond acceptors (Lipinski definition) is 7. The molecule has 1 heterocycles. The van der Waals surface area contributed by atoms with E-state index in [9.17, 15) is 19.7 Å². The van der Waals surface area contributed by atoms with Crippen LogP contribution in [0.25, 0.3) is 10.1 Å². The van der Waals surface area contributed by atoms with Crippen LogP contribution in [0.15, 0.2) is 18.2 Å². The molecule has 24 heavy (non-hydrogen) atoms. The molecule has 0 atom stereocenters. The second-order valence-electron chi connectivity index (χ2n) is 5.89. The fourth-order valence-corrected chi connectivity index (χ4v) is 2.94. The number of hydrogen-bond donors (Lipinski definition) is 1. The molecule has 0 aliphatic carbocycles. The van der Waals surface area contributed by atoms with Crippen molar-refractivity contribution in [1.29, 1.82) is 0 Å². The summed E-state index contributed by atoms with van der Waals surface area (Å²) in [6.07, 6.45) is -0.797. The van der Waals surface area contributed by atoms with Gasteiger partial charge in [0.1, 0.15) is 16.2 Å². The van der Waals surface area contributed by atoms with Gasteiger partial charge in [0.15, 0.2) is 0 Å². The molecule has 0 fully saturated rings. The molecule has 1 amide bonds. The second kappa shape index (κ2) is 6.44. The van der Waals surface area contributed by atoms with E-state index in [2.05, 4.69) is 10.1 Å². The summed E-state index contributed by atoms with van der Waals surface area (Å²) in [5.74, 6) is -0.527. The van der Waals surface area contributed by atoms with Gasteiger partial charge in [-0.05, 0) is 32.9 Å². The zero-order chi connectivity index (χ0) is 18.1. The predicted octanol–water partition coefficient (Wildman–Crippen LogP) is 3.94. The van der Waals surface area contributed by atoms with Gasteiger partial charge in [-0.25, -0.2) is 9.59 Å². The molecule has 9 heteroatoms. The number of amides is 1. The summed E-state index contributed by atoms with van der Waals surface area (Å²) in [4.78, 5) is 34.4. The van der Waals surface area contributed by atoms with Gasteiger partial charge >= 0.3 is 12.1 Å². The average molecular weight is 352 g/mol. The van der Waals surface area contributed by atoms with E-state index in [-0.39, 0.29) is 11.4 Å². The number of anilines is 1. The van der Waals surface area contributed by atoms with Crippen LogP contribution in [-0.4, -0.2) is 29.7 Å². The first-order valence-corrected chi connectivity index (χ1v) is 7.72. The van der Waals surface area contributed by atoms with Crippen molar-refractivity contribution in [3.8, 4) is 0 Å². The molecule has 0 saturated carbocycles. The third-order valence-electron chi connectivity index (χ3n) is 2.85. The van der Waals surface area contributed by atoms with E-state index in [0.717, 1.165) is 11.3 Å². The van der Waals surface area contributed by atoms with Crippen molar-refractivity contribution in [3.05, 3.63) is 33.2 Å². The number of rotatable bonds is 3.